The van der Waals surface area contributed by atoms with Gasteiger partial charge in [0.05, 0.1) is 11.2 Å². The van der Waals surface area contributed by atoms with Crippen molar-refractivity contribution in [3.8, 4) is 0 Å². The van der Waals surface area contributed by atoms with Crippen molar-refractivity contribution in [2.45, 2.75) is 38.9 Å². The van der Waals surface area contributed by atoms with E-state index in [0.717, 1.165) is 5.69 Å². The Morgan fingerprint density at radius 1 is 1.00 bits per heavy atom. The van der Waals surface area contributed by atoms with Crippen LogP contribution in [-0.2, 0) is 9.31 Å². The number of halogens is 1. The minimum absolute atomic E-state index is 0.249. The molecular weight excluding hydrogens is 232 g/mol. The van der Waals surface area contributed by atoms with Crippen molar-refractivity contribution in [1.29, 1.82) is 0 Å². The summed E-state index contributed by atoms with van der Waals surface area (Å²) >= 11 is 0. The molecule has 0 aliphatic carbocycles. The maximum atomic E-state index is 12.9. The van der Waals surface area contributed by atoms with Crippen LogP contribution in [0.3, 0.4) is 0 Å². The highest BCUT2D eigenvalue weighted by atomic mass is 19.1. The number of benzene rings is 1. The molecule has 1 heterocycles. The molecule has 1 fully saturated rings. The van der Waals surface area contributed by atoms with Gasteiger partial charge in [-0.15, -0.1) is 0 Å². The molecule has 3 nitrogen and oxygen atoms in total. The van der Waals surface area contributed by atoms with Crippen LogP contribution >= 0.6 is 0 Å². The van der Waals surface area contributed by atoms with Crippen molar-refractivity contribution in [3.63, 3.8) is 0 Å². The molecule has 0 atom stereocenters. The van der Waals surface area contributed by atoms with Crippen molar-refractivity contribution in [2.75, 3.05) is 11.9 Å². The van der Waals surface area contributed by atoms with Gasteiger partial charge in [-0.25, -0.2) is 4.39 Å². The van der Waals surface area contributed by atoms with Gasteiger partial charge in [-0.3, -0.25) is 0 Å². The standard InChI is InChI=1S/C13H19BFNO2/c1-12(2)13(3,4)18-14(17-12)16(5)11-8-6-10(15)7-9-11/h6-9H,1-5H3. The third kappa shape index (κ3) is 2.25. The van der Waals surface area contributed by atoms with Gasteiger partial charge in [0, 0.05) is 5.69 Å². The molecule has 1 aliphatic heterocycles. The number of rotatable bonds is 2. The molecule has 1 aromatic rings. The van der Waals surface area contributed by atoms with Gasteiger partial charge in [0.15, 0.2) is 0 Å². The lowest BCUT2D eigenvalue weighted by Crippen LogP contribution is -2.41. The first-order valence-electron chi connectivity index (χ1n) is 6.07. The fourth-order valence-corrected chi connectivity index (χ4v) is 1.77. The lowest BCUT2D eigenvalue weighted by molar-refractivity contribution is 0.00578. The van der Waals surface area contributed by atoms with Crippen LogP contribution in [0.2, 0.25) is 0 Å². The van der Waals surface area contributed by atoms with Crippen LogP contribution in [0.1, 0.15) is 27.7 Å². The largest absolute Gasteiger partial charge is 0.593 e. The highest BCUT2D eigenvalue weighted by Crippen LogP contribution is 2.38. The van der Waals surface area contributed by atoms with Crippen LogP contribution in [0, 0.1) is 5.82 Å². The van der Waals surface area contributed by atoms with Crippen molar-refractivity contribution >= 4 is 12.9 Å². The molecule has 0 amide bonds. The molecule has 0 spiro atoms. The summed E-state index contributed by atoms with van der Waals surface area (Å²) in [5, 5.41) is 0. The Morgan fingerprint density at radius 3 is 1.89 bits per heavy atom. The summed E-state index contributed by atoms with van der Waals surface area (Å²) in [6.45, 7) is 8.02. The Labute approximate surface area is 108 Å². The number of nitrogens with zero attached hydrogens (tertiary/aromatic N) is 1. The lowest BCUT2D eigenvalue weighted by atomic mass is 9.90. The van der Waals surface area contributed by atoms with Crippen molar-refractivity contribution < 1.29 is 13.7 Å². The fourth-order valence-electron chi connectivity index (χ4n) is 1.77. The molecule has 18 heavy (non-hydrogen) atoms. The molecule has 5 heteroatoms. The molecule has 0 radical (unpaired) electrons. The third-order valence-electron chi connectivity index (χ3n) is 3.79. The first-order chi connectivity index (χ1) is 8.23. The van der Waals surface area contributed by atoms with E-state index in [2.05, 4.69) is 0 Å². The van der Waals surface area contributed by atoms with Gasteiger partial charge >= 0.3 is 7.25 Å². The van der Waals surface area contributed by atoms with Gasteiger partial charge in [-0.2, -0.15) is 0 Å². The highest BCUT2D eigenvalue weighted by Gasteiger charge is 2.53. The quantitative estimate of drug-likeness (QED) is 0.754. The van der Waals surface area contributed by atoms with Gasteiger partial charge in [-0.1, -0.05) is 0 Å². The zero-order chi connectivity index (χ0) is 13.6. The molecule has 0 N–H and O–H groups in total. The molecular formula is C13H19BFNO2. The van der Waals surface area contributed by atoms with E-state index in [4.69, 9.17) is 9.31 Å². The second-order valence-corrected chi connectivity index (χ2v) is 5.65. The van der Waals surface area contributed by atoms with Crippen LogP contribution in [-0.4, -0.2) is 25.5 Å². The third-order valence-corrected chi connectivity index (χ3v) is 3.79. The Bertz CT molecular complexity index is 417. The van der Waals surface area contributed by atoms with Crippen LogP contribution in [0.25, 0.3) is 0 Å². The van der Waals surface area contributed by atoms with E-state index >= 15 is 0 Å². The van der Waals surface area contributed by atoms with E-state index in [1.807, 2.05) is 39.6 Å². The molecule has 0 bridgehead atoms. The smallest absolute Gasteiger partial charge is 0.384 e. The monoisotopic (exact) mass is 251 g/mol. The molecule has 1 aromatic carbocycles. The summed E-state index contributed by atoms with van der Waals surface area (Å²) in [6.07, 6.45) is 0. The highest BCUT2D eigenvalue weighted by molar-refractivity contribution is 6.50. The van der Waals surface area contributed by atoms with Gasteiger partial charge < -0.3 is 14.1 Å². The maximum Gasteiger partial charge on any atom is 0.593 e. The zero-order valence-corrected chi connectivity index (χ0v) is 11.5. The van der Waals surface area contributed by atoms with Crippen LogP contribution < -0.4 is 4.81 Å². The summed E-state index contributed by atoms with van der Waals surface area (Å²) in [7, 11) is 1.41. The molecule has 98 valence electrons. The second-order valence-electron chi connectivity index (χ2n) is 5.65. The minimum atomic E-state index is -0.458. The molecule has 1 saturated heterocycles. The van der Waals surface area contributed by atoms with E-state index in [0.29, 0.717) is 0 Å². The van der Waals surface area contributed by atoms with Gasteiger partial charge in [0.25, 0.3) is 0 Å². The lowest BCUT2D eigenvalue weighted by Gasteiger charge is -2.32. The van der Waals surface area contributed by atoms with Crippen LogP contribution in [0.5, 0.6) is 0 Å². The molecule has 2 rings (SSSR count). The van der Waals surface area contributed by atoms with Gasteiger partial charge in [-0.05, 0) is 59.0 Å². The SMILES string of the molecule is CN(B1OC(C)(C)C(C)(C)O1)c1ccc(F)cc1. The summed E-state index contributed by atoms with van der Waals surface area (Å²) < 4.78 is 24.7. The van der Waals surface area contributed by atoms with Crippen molar-refractivity contribution in [3.05, 3.63) is 30.1 Å². The first-order valence-corrected chi connectivity index (χ1v) is 6.07. The second kappa shape index (κ2) is 4.25. The fraction of sp³-hybridized carbons (Fsp3) is 0.538. The molecule has 0 saturated carbocycles. The number of anilines is 1. The average molecular weight is 251 g/mol. The van der Waals surface area contributed by atoms with Crippen molar-refractivity contribution in [2.24, 2.45) is 0 Å². The molecule has 0 aromatic heterocycles. The minimum Gasteiger partial charge on any atom is -0.384 e. The van der Waals surface area contributed by atoms with E-state index in [1.54, 1.807) is 12.1 Å². The Morgan fingerprint density at radius 2 is 1.44 bits per heavy atom. The van der Waals surface area contributed by atoms with Crippen LogP contribution in [0.4, 0.5) is 10.1 Å². The van der Waals surface area contributed by atoms with Crippen LogP contribution in [0.15, 0.2) is 24.3 Å². The normalized spacial score (nSPS) is 21.1. The maximum absolute atomic E-state index is 12.9. The Kier molecular flexibility index (Phi) is 3.15. The first kappa shape index (κ1) is 13.4. The summed E-state index contributed by atoms with van der Waals surface area (Å²) in [4.78, 5) is 1.86. The predicted molar refractivity (Wildman–Crippen MR) is 70.9 cm³/mol. The van der Waals surface area contributed by atoms with E-state index in [9.17, 15) is 4.39 Å². The van der Waals surface area contributed by atoms with E-state index in [-0.39, 0.29) is 17.0 Å². The summed E-state index contributed by atoms with van der Waals surface area (Å²) in [5.41, 5.74) is 0.118. The van der Waals surface area contributed by atoms with E-state index < -0.39 is 7.25 Å². The summed E-state index contributed by atoms with van der Waals surface area (Å²) in [6, 6.07) is 6.27. The topological polar surface area (TPSA) is 21.7 Å². The number of hydrogen-bond acceptors (Lipinski definition) is 3. The Hall–Kier alpha value is -1.07. The Balaban J connectivity index is 2.17. The summed E-state index contributed by atoms with van der Waals surface area (Å²) in [5.74, 6) is -0.249. The average Bonchev–Trinajstić information content (AvgIpc) is 2.48. The number of hydrogen-bond donors (Lipinski definition) is 0. The molecule has 0 unspecified atom stereocenters. The van der Waals surface area contributed by atoms with Crippen molar-refractivity contribution in [1.82, 2.24) is 0 Å². The zero-order valence-electron chi connectivity index (χ0n) is 11.5. The molecule has 1 aliphatic rings. The van der Waals surface area contributed by atoms with Gasteiger partial charge in [0.1, 0.15) is 5.82 Å². The predicted octanol–water partition coefficient (Wildman–Crippen LogP) is 2.85. The van der Waals surface area contributed by atoms with E-state index in [1.165, 1.54) is 12.1 Å². The van der Waals surface area contributed by atoms with Gasteiger partial charge in [0.2, 0.25) is 0 Å².